The molecule has 0 radical (unpaired) electrons. The van der Waals surface area contributed by atoms with Gasteiger partial charge in [-0.05, 0) is 63.4 Å². The van der Waals surface area contributed by atoms with Crippen molar-refractivity contribution < 1.29 is 9.52 Å². The lowest BCUT2D eigenvalue weighted by atomic mass is 9.77. The molecule has 1 saturated carbocycles. The van der Waals surface area contributed by atoms with Crippen molar-refractivity contribution in [3.8, 4) is 0 Å². The Hall–Kier alpha value is -1.88. The minimum Gasteiger partial charge on any atom is -0.465 e. The molecule has 1 N–H and O–H groups in total. The molecule has 1 saturated heterocycles. The van der Waals surface area contributed by atoms with E-state index in [0.29, 0.717) is 6.42 Å². The highest BCUT2D eigenvalue weighted by molar-refractivity contribution is 5.48. The molecule has 2 fully saturated rings. The van der Waals surface area contributed by atoms with Crippen LogP contribution in [0.15, 0.2) is 52.7 Å². The molecule has 4 heteroatoms. The first-order valence-electron chi connectivity index (χ1n) is 11.4. The van der Waals surface area contributed by atoms with Crippen LogP contribution in [0.2, 0.25) is 0 Å². The fourth-order valence-corrected chi connectivity index (χ4v) is 5.04. The molecule has 0 amide bonds. The van der Waals surface area contributed by atoms with E-state index in [-0.39, 0.29) is 5.92 Å². The van der Waals surface area contributed by atoms with Crippen LogP contribution in [0.1, 0.15) is 42.6 Å². The van der Waals surface area contributed by atoms with Crippen LogP contribution in [0.5, 0.6) is 0 Å². The topological polar surface area (TPSA) is 39.9 Å². The molecule has 2 atom stereocenters. The Kier molecular flexibility index (Phi) is 6.77. The van der Waals surface area contributed by atoms with Gasteiger partial charge in [0.25, 0.3) is 0 Å². The summed E-state index contributed by atoms with van der Waals surface area (Å²) in [6, 6.07) is 12.6. The maximum Gasteiger partial charge on any atom is 0.126 e. The van der Waals surface area contributed by atoms with Gasteiger partial charge in [-0.1, -0.05) is 35.4 Å². The first kappa shape index (κ1) is 21.4. The minimum absolute atomic E-state index is 0.282. The number of piperazine rings is 1. The van der Waals surface area contributed by atoms with E-state index in [4.69, 9.17) is 4.42 Å². The van der Waals surface area contributed by atoms with Crippen LogP contribution in [-0.4, -0.2) is 60.3 Å². The number of nitrogens with zero attached hydrogens (tertiary/aromatic N) is 2. The van der Waals surface area contributed by atoms with E-state index in [2.05, 4.69) is 54.1 Å². The molecule has 4 rings (SSSR count). The maximum atomic E-state index is 12.1. The molecule has 1 aromatic carbocycles. The Bertz CT molecular complexity index is 819. The van der Waals surface area contributed by atoms with E-state index in [0.717, 1.165) is 64.2 Å². The maximum absolute atomic E-state index is 12.1. The number of likely N-dealkylation sites (N-methyl/N-ethyl adjacent to an activating group) is 1. The standard InChI is InChI=1S/C26H36N2O2/c1-21-8-10-22(11-9-21)18-26(29)19-23(17-25-7-4-16-30-25)5-3-6-24(26)20-28-14-12-27(2)13-15-28/h4,7-11,16-17,24,29H,3,5-6,12-15,18-20H2,1-2H3/b23-17-. The fraction of sp³-hybridized carbons (Fsp3) is 0.538. The number of aryl methyl sites for hydroxylation is 1. The van der Waals surface area contributed by atoms with E-state index in [1.54, 1.807) is 6.26 Å². The summed E-state index contributed by atoms with van der Waals surface area (Å²) in [5.41, 5.74) is 3.07. The molecule has 4 nitrogen and oxygen atoms in total. The van der Waals surface area contributed by atoms with Gasteiger partial charge in [-0.15, -0.1) is 0 Å². The highest BCUT2D eigenvalue weighted by Gasteiger charge is 2.40. The van der Waals surface area contributed by atoms with Crippen molar-refractivity contribution in [1.29, 1.82) is 0 Å². The lowest BCUT2D eigenvalue weighted by Gasteiger charge is -2.41. The molecule has 2 aliphatic rings. The van der Waals surface area contributed by atoms with Gasteiger partial charge in [0.2, 0.25) is 0 Å². The number of furan rings is 1. The predicted octanol–water partition coefficient (Wildman–Crippen LogP) is 4.38. The Labute approximate surface area is 181 Å². The zero-order chi connectivity index (χ0) is 21.0. The second-order valence-corrected chi connectivity index (χ2v) is 9.45. The normalized spacial score (nSPS) is 28.0. The van der Waals surface area contributed by atoms with Crippen molar-refractivity contribution in [3.63, 3.8) is 0 Å². The summed E-state index contributed by atoms with van der Waals surface area (Å²) in [5, 5.41) is 12.1. The molecule has 1 aliphatic carbocycles. The third-order valence-corrected chi connectivity index (χ3v) is 6.94. The van der Waals surface area contributed by atoms with Crippen LogP contribution < -0.4 is 0 Å². The Balaban J connectivity index is 1.57. The van der Waals surface area contributed by atoms with Crippen molar-refractivity contribution in [2.45, 2.75) is 44.6 Å². The number of hydrogen-bond donors (Lipinski definition) is 1. The molecule has 2 aromatic rings. The van der Waals surface area contributed by atoms with Crippen molar-refractivity contribution in [3.05, 3.63) is 65.1 Å². The molecule has 0 spiro atoms. The highest BCUT2D eigenvalue weighted by atomic mass is 16.3. The zero-order valence-corrected chi connectivity index (χ0v) is 18.5. The second kappa shape index (κ2) is 9.51. The summed E-state index contributed by atoms with van der Waals surface area (Å²) in [6.07, 6.45) is 8.54. The molecule has 1 aromatic heterocycles. The van der Waals surface area contributed by atoms with Crippen LogP contribution in [0.25, 0.3) is 6.08 Å². The lowest BCUT2D eigenvalue weighted by molar-refractivity contribution is -0.0347. The van der Waals surface area contributed by atoms with E-state index in [1.165, 1.54) is 16.7 Å². The van der Waals surface area contributed by atoms with Crippen molar-refractivity contribution in [2.24, 2.45) is 5.92 Å². The number of aliphatic hydroxyl groups is 1. The van der Waals surface area contributed by atoms with E-state index in [9.17, 15) is 5.11 Å². The summed E-state index contributed by atoms with van der Waals surface area (Å²) < 4.78 is 5.56. The minimum atomic E-state index is -0.729. The fourth-order valence-electron chi connectivity index (χ4n) is 5.04. The summed E-state index contributed by atoms with van der Waals surface area (Å²) in [6.45, 7) is 7.54. The first-order chi connectivity index (χ1) is 14.5. The van der Waals surface area contributed by atoms with Gasteiger partial charge in [-0.25, -0.2) is 0 Å². The Morgan fingerprint density at radius 2 is 1.90 bits per heavy atom. The van der Waals surface area contributed by atoms with Gasteiger partial charge in [-0.2, -0.15) is 0 Å². The van der Waals surface area contributed by atoms with Crippen LogP contribution >= 0.6 is 0 Å². The average Bonchev–Trinajstić information content (AvgIpc) is 3.18. The van der Waals surface area contributed by atoms with Gasteiger partial charge in [0.1, 0.15) is 5.76 Å². The monoisotopic (exact) mass is 408 g/mol. The molecule has 1 aliphatic heterocycles. The molecule has 2 heterocycles. The van der Waals surface area contributed by atoms with E-state index < -0.39 is 5.60 Å². The number of rotatable bonds is 5. The summed E-state index contributed by atoms with van der Waals surface area (Å²) in [7, 11) is 2.20. The second-order valence-electron chi connectivity index (χ2n) is 9.45. The molecule has 30 heavy (non-hydrogen) atoms. The molecule has 0 bridgehead atoms. The summed E-state index contributed by atoms with van der Waals surface area (Å²) >= 11 is 0. The Morgan fingerprint density at radius 1 is 1.13 bits per heavy atom. The first-order valence-corrected chi connectivity index (χ1v) is 11.4. The Morgan fingerprint density at radius 3 is 2.60 bits per heavy atom. The van der Waals surface area contributed by atoms with Gasteiger partial charge >= 0.3 is 0 Å². The predicted molar refractivity (Wildman–Crippen MR) is 122 cm³/mol. The summed E-state index contributed by atoms with van der Waals surface area (Å²) in [4.78, 5) is 4.96. The van der Waals surface area contributed by atoms with Gasteiger partial charge in [0.05, 0.1) is 11.9 Å². The van der Waals surface area contributed by atoms with Gasteiger partial charge in [0, 0.05) is 45.1 Å². The third-order valence-electron chi connectivity index (χ3n) is 6.94. The van der Waals surface area contributed by atoms with Crippen molar-refractivity contribution >= 4 is 6.08 Å². The SMILES string of the molecule is Cc1ccc(CC2(O)C/C(=C\c3ccco3)CCCC2CN2CCN(C)CC2)cc1. The average molecular weight is 409 g/mol. The van der Waals surface area contributed by atoms with Crippen LogP contribution in [0, 0.1) is 12.8 Å². The summed E-state index contributed by atoms with van der Waals surface area (Å²) in [5.74, 6) is 1.17. The van der Waals surface area contributed by atoms with Gasteiger partial charge in [0.15, 0.2) is 0 Å². The van der Waals surface area contributed by atoms with Crippen molar-refractivity contribution in [1.82, 2.24) is 9.80 Å². The smallest absolute Gasteiger partial charge is 0.126 e. The number of hydrogen-bond acceptors (Lipinski definition) is 4. The quantitative estimate of drug-likeness (QED) is 0.745. The van der Waals surface area contributed by atoms with Crippen molar-refractivity contribution in [2.75, 3.05) is 39.8 Å². The lowest BCUT2D eigenvalue weighted by Crippen LogP contribution is -2.50. The van der Waals surface area contributed by atoms with Crippen LogP contribution in [0.4, 0.5) is 0 Å². The van der Waals surface area contributed by atoms with Gasteiger partial charge < -0.3 is 19.3 Å². The van der Waals surface area contributed by atoms with Crippen LogP contribution in [0.3, 0.4) is 0 Å². The highest BCUT2D eigenvalue weighted by Crippen LogP contribution is 2.39. The molecule has 2 unspecified atom stereocenters. The zero-order valence-electron chi connectivity index (χ0n) is 18.5. The number of benzene rings is 1. The third kappa shape index (κ3) is 5.42. The van der Waals surface area contributed by atoms with E-state index in [1.807, 2.05) is 12.1 Å². The molecular formula is C26H36N2O2. The molecular weight excluding hydrogens is 372 g/mol. The van der Waals surface area contributed by atoms with Crippen LogP contribution in [-0.2, 0) is 6.42 Å². The largest absolute Gasteiger partial charge is 0.465 e. The van der Waals surface area contributed by atoms with E-state index >= 15 is 0 Å². The molecule has 162 valence electrons. The van der Waals surface area contributed by atoms with Gasteiger partial charge in [-0.3, -0.25) is 0 Å².